The van der Waals surface area contributed by atoms with Crippen molar-refractivity contribution in [3.8, 4) is 18.6 Å². The highest BCUT2D eigenvalue weighted by molar-refractivity contribution is 5.25. The van der Waals surface area contributed by atoms with Crippen LogP contribution < -0.4 is 0 Å². The number of phenolic OH excluding ortho intramolecular Hbond substituents is 1. The molecule has 0 saturated heterocycles. The lowest BCUT2D eigenvalue weighted by atomic mass is 10.1. The topological polar surface area (TPSA) is 20.2 Å². The van der Waals surface area contributed by atoms with Crippen molar-refractivity contribution >= 4 is 0 Å². The molecule has 13 heavy (non-hydrogen) atoms. The van der Waals surface area contributed by atoms with E-state index in [0.717, 1.165) is 6.42 Å². The van der Waals surface area contributed by atoms with Gasteiger partial charge in [0.2, 0.25) is 0 Å². The Labute approximate surface area is 80.4 Å². The molecule has 70 valence electrons. The first-order valence-electron chi connectivity index (χ1n) is 4.44. The summed E-state index contributed by atoms with van der Waals surface area (Å²) in [5, 5.41) is 8.98. The first-order valence-corrected chi connectivity index (χ1v) is 4.44. The van der Waals surface area contributed by atoms with E-state index in [1.165, 1.54) is 18.4 Å². The first kappa shape index (κ1) is 11.6. The van der Waals surface area contributed by atoms with E-state index >= 15 is 0 Å². The van der Waals surface area contributed by atoms with Crippen molar-refractivity contribution in [1.29, 1.82) is 0 Å². The molecule has 0 spiro atoms. The molecule has 1 nitrogen and oxygen atoms in total. The molecule has 0 aromatic heterocycles. The van der Waals surface area contributed by atoms with Crippen LogP contribution in [0.2, 0.25) is 0 Å². The highest BCUT2D eigenvalue weighted by atomic mass is 16.3. The fraction of sp³-hybridized carbons (Fsp3) is 0.333. The Morgan fingerprint density at radius 2 is 1.69 bits per heavy atom. The Balaban J connectivity index is 0.000000671. The second kappa shape index (κ2) is 7.24. The van der Waals surface area contributed by atoms with Gasteiger partial charge in [-0.15, -0.1) is 12.8 Å². The lowest BCUT2D eigenvalue weighted by Crippen LogP contribution is -1.82. The van der Waals surface area contributed by atoms with Crippen LogP contribution in [0.3, 0.4) is 0 Å². The zero-order valence-corrected chi connectivity index (χ0v) is 8.03. The summed E-state index contributed by atoms with van der Waals surface area (Å²) in [7, 11) is 0. The van der Waals surface area contributed by atoms with Gasteiger partial charge in [-0.3, -0.25) is 0 Å². The highest BCUT2D eigenvalue weighted by Gasteiger charge is 1.91. The molecular weight excluding hydrogens is 160 g/mol. The van der Waals surface area contributed by atoms with E-state index in [9.17, 15) is 0 Å². The summed E-state index contributed by atoms with van der Waals surface area (Å²) in [4.78, 5) is 0. The van der Waals surface area contributed by atoms with Crippen molar-refractivity contribution in [2.75, 3.05) is 0 Å². The molecule has 0 radical (unpaired) electrons. The number of phenols is 1. The van der Waals surface area contributed by atoms with E-state index < -0.39 is 0 Å². The predicted molar refractivity (Wildman–Crippen MR) is 56.6 cm³/mol. The molecule has 0 unspecified atom stereocenters. The van der Waals surface area contributed by atoms with Gasteiger partial charge in [0.25, 0.3) is 0 Å². The minimum absolute atomic E-state index is 0.352. The Morgan fingerprint density at radius 3 is 2.15 bits per heavy atom. The molecule has 0 aliphatic heterocycles. The molecule has 0 aliphatic rings. The number of hydrogen-bond donors (Lipinski definition) is 1. The van der Waals surface area contributed by atoms with E-state index in [4.69, 9.17) is 5.11 Å². The maximum atomic E-state index is 8.98. The van der Waals surface area contributed by atoms with Gasteiger partial charge in [-0.1, -0.05) is 25.5 Å². The van der Waals surface area contributed by atoms with Crippen molar-refractivity contribution in [3.63, 3.8) is 0 Å². The molecule has 0 fully saturated rings. The van der Waals surface area contributed by atoms with E-state index in [0.29, 0.717) is 5.75 Å². The maximum absolute atomic E-state index is 8.98. The van der Waals surface area contributed by atoms with E-state index in [-0.39, 0.29) is 0 Å². The molecule has 1 heteroatoms. The van der Waals surface area contributed by atoms with Gasteiger partial charge in [0.15, 0.2) is 0 Å². The van der Waals surface area contributed by atoms with Gasteiger partial charge < -0.3 is 5.11 Å². The largest absolute Gasteiger partial charge is 0.508 e. The summed E-state index contributed by atoms with van der Waals surface area (Å²) in [6.45, 7) is 2.18. The van der Waals surface area contributed by atoms with Crippen LogP contribution >= 0.6 is 0 Å². The van der Waals surface area contributed by atoms with Crippen LogP contribution in [-0.2, 0) is 6.42 Å². The lowest BCUT2D eigenvalue weighted by molar-refractivity contribution is 0.475. The Kier molecular flexibility index (Phi) is 6.45. The quantitative estimate of drug-likeness (QED) is 0.702. The second-order valence-electron chi connectivity index (χ2n) is 2.77. The second-order valence-corrected chi connectivity index (χ2v) is 2.77. The van der Waals surface area contributed by atoms with Crippen LogP contribution in [0.5, 0.6) is 5.75 Å². The van der Waals surface area contributed by atoms with Crippen molar-refractivity contribution in [1.82, 2.24) is 0 Å². The summed E-state index contributed by atoms with van der Waals surface area (Å²) >= 11 is 0. The van der Waals surface area contributed by atoms with Gasteiger partial charge in [-0.05, 0) is 30.5 Å². The maximum Gasteiger partial charge on any atom is 0.115 e. The zero-order chi connectivity index (χ0) is 10.1. The Hall–Kier alpha value is -1.42. The van der Waals surface area contributed by atoms with Gasteiger partial charge in [-0.25, -0.2) is 0 Å². The number of aryl methyl sites for hydroxylation is 1. The van der Waals surface area contributed by atoms with Gasteiger partial charge in [0.1, 0.15) is 5.75 Å². The minimum Gasteiger partial charge on any atom is -0.508 e. The zero-order valence-electron chi connectivity index (χ0n) is 8.03. The first-order chi connectivity index (χ1) is 6.33. The number of aromatic hydroxyl groups is 1. The third kappa shape index (κ3) is 4.92. The van der Waals surface area contributed by atoms with Gasteiger partial charge in [-0.2, -0.15) is 0 Å². The van der Waals surface area contributed by atoms with Crippen molar-refractivity contribution in [3.05, 3.63) is 29.8 Å². The van der Waals surface area contributed by atoms with Crippen LogP contribution in [0, 0.1) is 12.8 Å². The molecule has 0 heterocycles. The SMILES string of the molecule is C#C.CCCCc1ccc(O)cc1. The number of benzene rings is 1. The van der Waals surface area contributed by atoms with Crippen LogP contribution in [0.4, 0.5) is 0 Å². The van der Waals surface area contributed by atoms with Crippen molar-refractivity contribution in [2.45, 2.75) is 26.2 Å². The fourth-order valence-corrected chi connectivity index (χ4v) is 1.04. The van der Waals surface area contributed by atoms with Gasteiger partial charge in [0.05, 0.1) is 0 Å². The smallest absolute Gasteiger partial charge is 0.115 e. The highest BCUT2D eigenvalue weighted by Crippen LogP contribution is 2.11. The molecule has 0 amide bonds. The predicted octanol–water partition coefficient (Wildman–Crippen LogP) is 2.98. The van der Waals surface area contributed by atoms with Crippen LogP contribution in [-0.4, -0.2) is 5.11 Å². The standard InChI is InChI=1S/C10H14O.C2H2/c1-2-3-4-9-5-7-10(11)8-6-9;1-2/h5-8,11H,2-4H2,1H3;1-2H. The number of terminal acetylenes is 1. The minimum atomic E-state index is 0.352. The van der Waals surface area contributed by atoms with Crippen LogP contribution in [0.25, 0.3) is 0 Å². The van der Waals surface area contributed by atoms with Crippen molar-refractivity contribution in [2.24, 2.45) is 0 Å². The van der Waals surface area contributed by atoms with E-state index in [2.05, 4.69) is 19.8 Å². The molecule has 1 aromatic carbocycles. The number of unbranched alkanes of at least 4 members (excludes halogenated alkanes) is 1. The molecule has 1 N–H and O–H groups in total. The molecule has 0 bridgehead atoms. The summed E-state index contributed by atoms with van der Waals surface area (Å²) in [5.74, 6) is 0.352. The van der Waals surface area contributed by atoms with Crippen LogP contribution in [0.1, 0.15) is 25.3 Å². The Bertz CT molecular complexity index is 233. The molecule has 1 aromatic rings. The molecule has 0 aliphatic carbocycles. The normalized spacial score (nSPS) is 8.54. The average Bonchev–Trinajstić information content (AvgIpc) is 2.20. The summed E-state index contributed by atoms with van der Waals surface area (Å²) < 4.78 is 0. The molecule has 0 saturated carbocycles. The monoisotopic (exact) mass is 176 g/mol. The number of hydrogen-bond acceptors (Lipinski definition) is 1. The average molecular weight is 176 g/mol. The molecule has 1 rings (SSSR count). The third-order valence-corrected chi connectivity index (χ3v) is 1.76. The van der Waals surface area contributed by atoms with Gasteiger partial charge in [0, 0.05) is 0 Å². The summed E-state index contributed by atoms with van der Waals surface area (Å²) in [6, 6.07) is 7.44. The van der Waals surface area contributed by atoms with Gasteiger partial charge >= 0.3 is 0 Å². The number of rotatable bonds is 3. The summed E-state index contributed by atoms with van der Waals surface area (Å²) in [6.07, 6.45) is 11.6. The summed E-state index contributed by atoms with van der Waals surface area (Å²) in [5.41, 5.74) is 1.31. The van der Waals surface area contributed by atoms with E-state index in [1.54, 1.807) is 12.1 Å². The molecule has 0 atom stereocenters. The Morgan fingerprint density at radius 1 is 1.15 bits per heavy atom. The fourth-order valence-electron chi connectivity index (χ4n) is 1.04. The third-order valence-electron chi connectivity index (χ3n) is 1.76. The molecular formula is C12H16O. The van der Waals surface area contributed by atoms with Crippen molar-refractivity contribution < 1.29 is 5.11 Å². The van der Waals surface area contributed by atoms with E-state index in [1.807, 2.05) is 12.1 Å². The van der Waals surface area contributed by atoms with Crippen LogP contribution in [0.15, 0.2) is 24.3 Å². The lowest BCUT2D eigenvalue weighted by Gasteiger charge is -1.98.